The number of rotatable bonds is 4. The Morgan fingerprint density at radius 2 is 1.90 bits per heavy atom. The second-order valence-electron chi connectivity index (χ2n) is 5.10. The number of aromatic nitrogens is 1. The maximum atomic E-state index is 6.17. The minimum Gasteiger partial charge on any atom is -0.343 e. The monoisotopic (exact) mass is 362 g/mol. The van der Waals surface area contributed by atoms with Crippen molar-refractivity contribution in [1.29, 1.82) is 0 Å². The van der Waals surface area contributed by atoms with Crippen LogP contribution in [0.25, 0.3) is 10.9 Å². The molecular weight excluding hydrogens is 348 g/mol. The van der Waals surface area contributed by atoms with E-state index in [1.54, 1.807) is 0 Å². The lowest BCUT2D eigenvalue weighted by Gasteiger charge is -2.06. The number of halogens is 2. The average Bonchev–Trinajstić information content (AvgIpc) is 2.79. The van der Waals surface area contributed by atoms with Crippen LogP contribution in [-0.4, -0.2) is 11.6 Å². The van der Waals surface area contributed by atoms with Gasteiger partial charge in [0.05, 0.1) is 5.52 Å². The molecule has 0 unspecified atom stereocenters. The fraction of sp³-hybridized carbons (Fsp3) is 0.176. The predicted octanol–water partition coefficient (Wildman–Crippen LogP) is 4.82. The molecule has 0 radical (unpaired) electrons. The first-order chi connectivity index (χ1) is 10.2. The fourth-order valence-corrected chi connectivity index (χ4v) is 3.02. The van der Waals surface area contributed by atoms with Gasteiger partial charge in [0.1, 0.15) is 0 Å². The first-order valence-electron chi connectivity index (χ1n) is 6.83. The summed E-state index contributed by atoms with van der Waals surface area (Å²) in [7, 11) is 1.97. The van der Waals surface area contributed by atoms with Gasteiger partial charge in [-0.1, -0.05) is 45.7 Å². The second kappa shape index (κ2) is 6.22. The Balaban J connectivity index is 2.04. The molecule has 21 heavy (non-hydrogen) atoms. The summed E-state index contributed by atoms with van der Waals surface area (Å²) in [4.78, 5) is 0. The Hall–Kier alpha value is -1.29. The first-order valence-corrected chi connectivity index (χ1v) is 8.01. The largest absolute Gasteiger partial charge is 0.343 e. The Labute approximate surface area is 137 Å². The van der Waals surface area contributed by atoms with Crippen LogP contribution in [0.15, 0.2) is 53.1 Å². The third-order valence-corrected chi connectivity index (χ3v) is 4.32. The molecule has 3 aromatic rings. The molecule has 0 saturated heterocycles. The summed E-state index contributed by atoms with van der Waals surface area (Å²) in [6.07, 6.45) is 2.21. The zero-order chi connectivity index (χ0) is 14.8. The molecule has 0 atom stereocenters. The first kappa shape index (κ1) is 14.6. The molecule has 1 heterocycles. The van der Waals surface area contributed by atoms with Gasteiger partial charge in [-0.2, -0.15) is 0 Å². The topological polar surface area (TPSA) is 17.0 Å². The van der Waals surface area contributed by atoms with Gasteiger partial charge >= 0.3 is 0 Å². The Kier molecular flexibility index (Phi) is 4.34. The van der Waals surface area contributed by atoms with E-state index in [0.29, 0.717) is 0 Å². The highest BCUT2D eigenvalue weighted by Crippen LogP contribution is 2.26. The highest BCUT2D eigenvalue weighted by molar-refractivity contribution is 9.10. The zero-order valence-corrected chi connectivity index (χ0v) is 14.1. The summed E-state index contributed by atoms with van der Waals surface area (Å²) >= 11 is 9.64. The van der Waals surface area contributed by atoms with E-state index in [4.69, 9.17) is 11.6 Å². The smallest absolute Gasteiger partial charge is 0.0501 e. The van der Waals surface area contributed by atoms with Crippen LogP contribution in [0.3, 0.4) is 0 Å². The van der Waals surface area contributed by atoms with Crippen LogP contribution in [0, 0.1) is 0 Å². The van der Waals surface area contributed by atoms with E-state index in [1.807, 2.05) is 19.2 Å². The van der Waals surface area contributed by atoms with Crippen molar-refractivity contribution in [2.75, 3.05) is 7.05 Å². The summed E-state index contributed by atoms with van der Waals surface area (Å²) in [6.45, 7) is 1.69. The van der Waals surface area contributed by atoms with Crippen molar-refractivity contribution in [1.82, 2.24) is 9.88 Å². The maximum Gasteiger partial charge on any atom is 0.0501 e. The van der Waals surface area contributed by atoms with Crippen LogP contribution < -0.4 is 5.32 Å². The van der Waals surface area contributed by atoms with Gasteiger partial charge in [0.25, 0.3) is 0 Å². The van der Waals surface area contributed by atoms with Crippen molar-refractivity contribution in [3.8, 4) is 0 Å². The molecule has 0 aliphatic rings. The van der Waals surface area contributed by atoms with Crippen LogP contribution in [0.2, 0.25) is 5.02 Å². The highest BCUT2D eigenvalue weighted by Gasteiger charge is 2.09. The van der Waals surface area contributed by atoms with Crippen molar-refractivity contribution in [3.63, 3.8) is 0 Å². The number of nitrogens with one attached hydrogen (secondary N) is 1. The normalized spacial score (nSPS) is 11.2. The van der Waals surface area contributed by atoms with Crippen LogP contribution in [0.4, 0.5) is 0 Å². The van der Waals surface area contributed by atoms with Crippen LogP contribution in [0.5, 0.6) is 0 Å². The molecule has 0 aliphatic heterocycles. The molecular formula is C17H16BrClN2. The van der Waals surface area contributed by atoms with Crippen molar-refractivity contribution < 1.29 is 0 Å². The van der Waals surface area contributed by atoms with E-state index in [2.05, 4.69) is 62.3 Å². The molecule has 0 amide bonds. The lowest BCUT2D eigenvalue weighted by molar-refractivity contribution is 0.795. The number of nitrogens with zero attached hydrogens (tertiary/aromatic N) is 1. The zero-order valence-electron chi connectivity index (χ0n) is 11.7. The SMILES string of the molecule is CNCc1cn(Cc2ccc(Br)cc2)c2cc(Cl)ccc12. The number of hydrogen-bond donors (Lipinski definition) is 1. The molecule has 3 rings (SSSR count). The van der Waals surface area contributed by atoms with Gasteiger partial charge in [0, 0.05) is 34.2 Å². The van der Waals surface area contributed by atoms with Crippen molar-refractivity contribution in [2.24, 2.45) is 0 Å². The van der Waals surface area contributed by atoms with E-state index < -0.39 is 0 Å². The van der Waals surface area contributed by atoms with E-state index in [-0.39, 0.29) is 0 Å². The minimum atomic E-state index is 0.772. The molecule has 108 valence electrons. The molecule has 2 nitrogen and oxygen atoms in total. The third-order valence-electron chi connectivity index (χ3n) is 3.56. The summed E-state index contributed by atoms with van der Waals surface area (Å²) in [5.74, 6) is 0. The summed E-state index contributed by atoms with van der Waals surface area (Å²) in [5.41, 5.74) is 3.74. The third kappa shape index (κ3) is 3.15. The fourth-order valence-electron chi connectivity index (χ4n) is 2.59. The lowest BCUT2D eigenvalue weighted by Crippen LogP contribution is -2.04. The summed E-state index contributed by atoms with van der Waals surface area (Å²) in [6, 6.07) is 14.5. The maximum absolute atomic E-state index is 6.17. The van der Waals surface area contributed by atoms with Crippen molar-refractivity contribution in [3.05, 3.63) is 69.3 Å². The van der Waals surface area contributed by atoms with Crippen LogP contribution in [-0.2, 0) is 13.1 Å². The number of hydrogen-bond acceptors (Lipinski definition) is 1. The van der Waals surface area contributed by atoms with E-state index >= 15 is 0 Å². The van der Waals surface area contributed by atoms with Gasteiger partial charge in [-0.3, -0.25) is 0 Å². The summed E-state index contributed by atoms with van der Waals surface area (Å²) < 4.78 is 3.36. The molecule has 0 bridgehead atoms. The van der Waals surface area contributed by atoms with Crippen LogP contribution >= 0.6 is 27.5 Å². The predicted molar refractivity (Wildman–Crippen MR) is 93.0 cm³/mol. The molecule has 1 N–H and O–H groups in total. The minimum absolute atomic E-state index is 0.772. The number of benzene rings is 2. The van der Waals surface area contributed by atoms with Gasteiger partial charge in [-0.15, -0.1) is 0 Å². The molecule has 2 aromatic carbocycles. The van der Waals surface area contributed by atoms with Crippen molar-refractivity contribution in [2.45, 2.75) is 13.1 Å². The number of fused-ring (bicyclic) bond motifs is 1. The van der Waals surface area contributed by atoms with E-state index in [1.165, 1.54) is 22.0 Å². The molecule has 0 saturated carbocycles. The summed E-state index contributed by atoms with van der Waals surface area (Å²) in [5, 5.41) is 5.25. The van der Waals surface area contributed by atoms with Crippen LogP contribution in [0.1, 0.15) is 11.1 Å². The molecule has 4 heteroatoms. The van der Waals surface area contributed by atoms with E-state index in [0.717, 1.165) is 22.6 Å². The van der Waals surface area contributed by atoms with E-state index in [9.17, 15) is 0 Å². The molecule has 1 aromatic heterocycles. The second-order valence-corrected chi connectivity index (χ2v) is 6.45. The Morgan fingerprint density at radius 3 is 2.62 bits per heavy atom. The Bertz CT molecular complexity index is 762. The standard InChI is InChI=1S/C17H16BrClN2/c1-20-9-13-11-21(10-12-2-4-14(18)5-3-12)17-8-15(19)6-7-16(13)17/h2-8,11,20H,9-10H2,1H3. The molecule has 0 spiro atoms. The van der Waals surface area contributed by atoms with Gasteiger partial charge in [0.2, 0.25) is 0 Å². The van der Waals surface area contributed by atoms with Gasteiger partial charge in [-0.25, -0.2) is 0 Å². The molecule has 0 fully saturated rings. The van der Waals surface area contributed by atoms with Crippen molar-refractivity contribution >= 4 is 38.4 Å². The quantitative estimate of drug-likeness (QED) is 0.703. The highest BCUT2D eigenvalue weighted by atomic mass is 79.9. The van der Waals surface area contributed by atoms with Gasteiger partial charge in [-0.05, 0) is 42.4 Å². The molecule has 0 aliphatic carbocycles. The van der Waals surface area contributed by atoms with Gasteiger partial charge < -0.3 is 9.88 Å². The Morgan fingerprint density at radius 1 is 1.14 bits per heavy atom. The average molecular weight is 364 g/mol. The van der Waals surface area contributed by atoms with Gasteiger partial charge in [0.15, 0.2) is 0 Å². The lowest BCUT2D eigenvalue weighted by atomic mass is 10.2.